The molecule has 2 atom stereocenters. The van der Waals surface area contributed by atoms with Gasteiger partial charge < -0.3 is 14.1 Å². The molecule has 2 aliphatic rings. The van der Waals surface area contributed by atoms with Crippen molar-refractivity contribution < 1.29 is 13.9 Å². The number of amides is 1. The van der Waals surface area contributed by atoms with Gasteiger partial charge >= 0.3 is 0 Å². The van der Waals surface area contributed by atoms with Gasteiger partial charge in [-0.2, -0.15) is 0 Å². The molecule has 0 bridgehead atoms. The van der Waals surface area contributed by atoms with Crippen LogP contribution in [0.1, 0.15) is 30.8 Å². The van der Waals surface area contributed by atoms with Gasteiger partial charge in [-0.1, -0.05) is 6.92 Å². The Kier molecular flexibility index (Phi) is 4.31. The van der Waals surface area contributed by atoms with E-state index in [0.717, 1.165) is 50.2 Å². The lowest BCUT2D eigenvalue weighted by Crippen LogP contribution is -2.49. The smallest absolute Gasteiger partial charge is 0.248 e. The number of carbonyl (C=O) groups is 1. The molecule has 0 aromatic carbocycles. The van der Waals surface area contributed by atoms with E-state index in [-0.39, 0.29) is 12.5 Å². The van der Waals surface area contributed by atoms with Crippen LogP contribution in [-0.2, 0) is 16.1 Å². The average molecular weight is 292 g/mol. The molecule has 2 heterocycles. The van der Waals surface area contributed by atoms with Crippen LogP contribution in [0, 0.1) is 5.92 Å². The highest BCUT2D eigenvalue weighted by molar-refractivity contribution is 5.77. The second-order valence-corrected chi connectivity index (χ2v) is 6.21. The van der Waals surface area contributed by atoms with E-state index in [0.29, 0.717) is 5.92 Å². The number of rotatable bonds is 5. The maximum atomic E-state index is 11.7. The van der Waals surface area contributed by atoms with E-state index < -0.39 is 0 Å². The van der Waals surface area contributed by atoms with Gasteiger partial charge in [0.15, 0.2) is 0 Å². The highest BCUT2D eigenvalue weighted by atomic mass is 16.5. The first-order valence-corrected chi connectivity index (χ1v) is 7.75. The molecule has 5 nitrogen and oxygen atoms in total. The summed E-state index contributed by atoms with van der Waals surface area (Å²) in [5.41, 5.74) is 0. The SMILES string of the molecule is COCC(=O)N1CCN(Cc2ccc([C@@H]3C[C@H]3C)o2)CC1. The average Bonchev–Trinajstić information content (AvgIpc) is 3.03. The number of carbonyl (C=O) groups excluding carboxylic acids is 1. The van der Waals surface area contributed by atoms with Crippen molar-refractivity contribution in [2.75, 3.05) is 39.9 Å². The first kappa shape index (κ1) is 14.6. The van der Waals surface area contributed by atoms with E-state index in [9.17, 15) is 4.79 Å². The summed E-state index contributed by atoms with van der Waals surface area (Å²) in [6.07, 6.45) is 1.26. The fourth-order valence-electron chi connectivity index (χ4n) is 2.99. The molecule has 1 saturated heterocycles. The molecule has 3 rings (SSSR count). The van der Waals surface area contributed by atoms with Gasteiger partial charge in [0, 0.05) is 39.2 Å². The number of methoxy groups -OCH3 is 1. The Hall–Kier alpha value is -1.33. The molecule has 5 heteroatoms. The summed E-state index contributed by atoms with van der Waals surface area (Å²) in [6.45, 7) is 6.62. The van der Waals surface area contributed by atoms with Crippen LogP contribution in [0.15, 0.2) is 16.5 Å². The predicted octanol–water partition coefficient (Wildman–Crippen LogP) is 1.69. The minimum absolute atomic E-state index is 0.0835. The first-order chi connectivity index (χ1) is 10.2. The highest BCUT2D eigenvalue weighted by Gasteiger charge is 2.36. The maximum absolute atomic E-state index is 11.7. The summed E-state index contributed by atoms with van der Waals surface area (Å²) in [5.74, 6) is 3.69. The Morgan fingerprint density at radius 2 is 2.05 bits per heavy atom. The Bertz CT molecular complexity index is 491. The van der Waals surface area contributed by atoms with Crippen molar-refractivity contribution in [2.24, 2.45) is 5.92 Å². The van der Waals surface area contributed by atoms with E-state index in [1.807, 2.05) is 4.90 Å². The Labute approximate surface area is 125 Å². The van der Waals surface area contributed by atoms with Crippen LogP contribution < -0.4 is 0 Å². The van der Waals surface area contributed by atoms with E-state index >= 15 is 0 Å². The second kappa shape index (κ2) is 6.20. The summed E-state index contributed by atoms with van der Waals surface area (Å²) in [6, 6.07) is 4.23. The van der Waals surface area contributed by atoms with Crippen molar-refractivity contribution in [2.45, 2.75) is 25.8 Å². The largest absolute Gasteiger partial charge is 0.464 e. The van der Waals surface area contributed by atoms with Crippen LogP contribution in [0.25, 0.3) is 0 Å². The summed E-state index contributed by atoms with van der Waals surface area (Å²) < 4.78 is 10.9. The van der Waals surface area contributed by atoms with Crippen molar-refractivity contribution in [1.82, 2.24) is 9.80 Å². The van der Waals surface area contributed by atoms with Gasteiger partial charge in [-0.25, -0.2) is 0 Å². The van der Waals surface area contributed by atoms with Crippen molar-refractivity contribution in [1.29, 1.82) is 0 Å². The number of hydrogen-bond acceptors (Lipinski definition) is 4. The van der Waals surface area contributed by atoms with Gasteiger partial charge in [-0.15, -0.1) is 0 Å². The number of ether oxygens (including phenoxy) is 1. The Morgan fingerprint density at radius 1 is 1.33 bits per heavy atom. The van der Waals surface area contributed by atoms with E-state index in [1.165, 1.54) is 6.42 Å². The summed E-state index contributed by atoms with van der Waals surface area (Å²) in [5, 5.41) is 0. The molecule has 116 valence electrons. The molecule has 1 aliphatic heterocycles. The third-order valence-corrected chi connectivity index (χ3v) is 4.53. The third kappa shape index (κ3) is 3.47. The molecule has 1 aromatic heterocycles. The number of hydrogen-bond donors (Lipinski definition) is 0. The lowest BCUT2D eigenvalue weighted by Gasteiger charge is -2.34. The molecule has 0 N–H and O–H groups in total. The molecule has 0 spiro atoms. The zero-order valence-electron chi connectivity index (χ0n) is 12.9. The fourth-order valence-corrected chi connectivity index (χ4v) is 2.99. The molecule has 2 fully saturated rings. The zero-order chi connectivity index (χ0) is 14.8. The lowest BCUT2D eigenvalue weighted by molar-refractivity contribution is -0.137. The van der Waals surface area contributed by atoms with Crippen LogP contribution in [0.5, 0.6) is 0 Å². The quantitative estimate of drug-likeness (QED) is 0.828. The van der Waals surface area contributed by atoms with Crippen LogP contribution >= 0.6 is 0 Å². The lowest BCUT2D eigenvalue weighted by atomic mass is 10.2. The highest BCUT2D eigenvalue weighted by Crippen LogP contribution is 2.47. The fraction of sp³-hybridized carbons (Fsp3) is 0.688. The topological polar surface area (TPSA) is 45.9 Å². The standard InChI is InChI=1S/C16H24N2O3/c1-12-9-14(12)15-4-3-13(21-15)10-17-5-7-18(8-6-17)16(19)11-20-2/h3-4,12,14H,5-11H2,1-2H3/t12-,14-/m1/s1. The predicted molar refractivity (Wildman–Crippen MR) is 79.0 cm³/mol. The van der Waals surface area contributed by atoms with E-state index in [4.69, 9.17) is 9.15 Å². The molecule has 1 aliphatic carbocycles. The van der Waals surface area contributed by atoms with Crippen molar-refractivity contribution in [3.8, 4) is 0 Å². The minimum atomic E-state index is 0.0835. The van der Waals surface area contributed by atoms with Gasteiger partial charge in [0.25, 0.3) is 0 Å². The van der Waals surface area contributed by atoms with Crippen LogP contribution in [0.4, 0.5) is 0 Å². The van der Waals surface area contributed by atoms with Gasteiger partial charge in [0.1, 0.15) is 18.1 Å². The number of piperazine rings is 1. The van der Waals surface area contributed by atoms with E-state index in [2.05, 4.69) is 24.0 Å². The van der Waals surface area contributed by atoms with Gasteiger partial charge in [0.05, 0.1) is 6.54 Å². The summed E-state index contributed by atoms with van der Waals surface area (Å²) >= 11 is 0. The maximum Gasteiger partial charge on any atom is 0.248 e. The molecule has 0 unspecified atom stereocenters. The Balaban J connectivity index is 1.47. The monoisotopic (exact) mass is 292 g/mol. The molecule has 1 saturated carbocycles. The summed E-state index contributed by atoms with van der Waals surface area (Å²) in [7, 11) is 1.56. The van der Waals surface area contributed by atoms with Crippen molar-refractivity contribution in [3.63, 3.8) is 0 Å². The van der Waals surface area contributed by atoms with Gasteiger partial charge in [-0.3, -0.25) is 9.69 Å². The molecular formula is C16H24N2O3. The number of furan rings is 1. The normalized spacial score (nSPS) is 26.1. The first-order valence-electron chi connectivity index (χ1n) is 7.75. The molecule has 1 aromatic rings. The van der Waals surface area contributed by atoms with Gasteiger partial charge in [0.2, 0.25) is 5.91 Å². The molecular weight excluding hydrogens is 268 g/mol. The number of nitrogens with zero attached hydrogens (tertiary/aromatic N) is 2. The minimum Gasteiger partial charge on any atom is -0.464 e. The summed E-state index contributed by atoms with van der Waals surface area (Å²) in [4.78, 5) is 16.0. The third-order valence-electron chi connectivity index (χ3n) is 4.53. The molecule has 1 amide bonds. The van der Waals surface area contributed by atoms with Crippen molar-refractivity contribution in [3.05, 3.63) is 23.7 Å². The second-order valence-electron chi connectivity index (χ2n) is 6.21. The van der Waals surface area contributed by atoms with Crippen LogP contribution in [0.2, 0.25) is 0 Å². The molecule has 21 heavy (non-hydrogen) atoms. The molecule has 0 radical (unpaired) electrons. The van der Waals surface area contributed by atoms with Crippen molar-refractivity contribution >= 4 is 5.91 Å². The Morgan fingerprint density at radius 3 is 2.67 bits per heavy atom. The van der Waals surface area contributed by atoms with Crippen LogP contribution in [-0.4, -0.2) is 55.6 Å². The van der Waals surface area contributed by atoms with Crippen LogP contribution in [0.3, 0.4) is 0 Å². The van der Waals surface area contributed by atoms with Gasteiger partial charge in [-0.05, 0) is 24.5 Å². The van der Waals surface area contributed by atoms with E-state index in [1.54, 1.807) is 7.11 Å². The zero-order valence-corrected chi connectivity index (χ0v) is 12.9.